The van der Waals surface area contributed by atoms with Crippen molar-refractivity contribution in [1.82, 2.24) is 4.90 Å². The van der Waals surface area contributed by atoms with Crippen molar-refractivity contribution >= 4 is 18.2 Å². The summed E-state index contributed by atoms with van der Waals surface area (Å²) in [4.78, 5) is 42.1. The molecule has 15 nitrogen and oxygen atoms in total. The Labute approximate surface area is 602 Å². The Bertz CT molecular complexity index is 2160. The number of carbonyl (C=O) groups excluding carboxylic acids is 3. The van der Waals surface area contributed by atoms with E-state index in [-0.39, 0.29) is 24.7 Å². The first-order valence-corrected chi connectivity index (χ1v) is 40.1. The molecule has 0 fully saturated rings. The van der Waals surface area contributed by atoms with Crippen molar-refractivity contribution in [3.63, 3.8) is 0 Å². The number of benzene rings is 3. The van der Waals surface area contributed by atoms with Crippen LogP contribution in [0.5, 0.6) is 0 Å². The lowest BCUT2D eigenvalue weighted by molar-refractivity contribution is -0.149. The zero-order chi connectivity index (χ0) is 70.8. The third-order valence-electron chi connectivity index (χ3n) is 18.4. The Morgan fingerprint density at radius 2 is 0.646 bits per heavy atom. The van der Waals surface area contributed by atoms with Gasteiger partial charge in [0, 0.05) is 26.3 Å². The highest BCUT2D eigenvalue weighted by Gasteiger charge is 2.37. The molecule has 3 atom stereocenters. The normalized spacial score (nSPS) is 12.5. The molecule has 566 valence electrons. The van der Waals surface area contributed by atoms with Gasteiger partial charge in [0.1, 0.15) is 17.8 Å². The predicted octanol–water partition coefficient (Wildman–Crippen LogP) is 21.3. The van der Waals surface area contributed by atoms with Gasteiger partial charge < -0.3 is 57.0 Å². The molecule has 0 aliphatic carbocycles. The molecule has 0 saturated carbocycles. The molecule has 0 saturated heterocycles. The van der Waals surface area contributed by atoms with Crippen LogP contribution in [0.15, 0.2) is 91.0 Å². The molecular weight excluding hydrogens is 1250 g/mol. The number of rotatable bonds is 70. The molecule has 0 heterocycles. The molecule has 0 aromatic heterocycles. The highest BCUT2D eigenvalue weighted by atomic mass is 16.7. The maximum atomic E-state index is 14.6. The fourth-order valence-electron chi connectivity index (χ4n) is 12.5. The van der Waals surface area contributed by atoms with E-state index in [2.05, 4.69) is 71.0 Å². The molecule has 3 unspecified atom stereocenters. The summed E-state index contributed by atoms with van der Waals surface area (Å²) in [6.45, 7) is 17.6. The number of hydrogen-bond donors (Lipinski definition) is 0. The van der Waals surface area contributed by atoms with Gasteiger partial charge in [0.15, 0.2) is 6.10 Å². The summed E-state index contributed by atoms with van der Waals surface area (Å²) in [5.74, 6) is -0.0805. The van der Waals surface area contributed by atoms with E-state index in [9.17, 15) is 14.4 Å². The summed E-state index contributed by atoms with van der Waals surface area (Å²) in [5.41, 5.74) is 2.36. The van der Waals surface area contributed by atoms with E-state index in [4.69, 9.17) is 52.1 Å². The Morgan fingerprint density at radius 1 is 0.323 bits per heavy atom. The Hall–Kier alpha value is -4.61. The highest BCUT2D eigenvalue weighted by molar-refractivity contribution is 5.81. The van der Waals surface area contributed by atoms with Gasteiger partial charge >= 0.3 is 12.3 Å². The van der Waals surface area contributed by atoms with Gasteiger partial charge in [0.25, 0.3) is 5.91 Å². The van der Waals surface area contributed by atoms with Gasteiger partial charge in [0.2, 0.25) is 0 Å². The lowest BCUT2D eigenvalue weighted by atomic mass is 9.80. The quantitative estimate of drug-likeness (QED) is 0.0299. The lowest BCUT2D eigenvalue weighted by Gasteiger charge is -2.36. The second-order valence-electron chi connectivity index (χ2n) is 26.9. The number of nitrogens with zero attached hydrogens (tertiary/aromatic N) is 1. The minimum Gasteiger partial charge on any atom is -0.434 e. The average Bonchev–Trinajstić information content (AvgIpc) is 0.761. The number of carbonyl (C=O) groups is 3. The van der Waals surface area contributed by atoms with E-state index in [0.717, 1.165) is 145 Å². The molecule has 3 aromatic rings. The van der Waals surface area contributed by atoms with Crippen LogP contribution in [-0.2, 0) is 62.5 Å². The zero-order valence-corrected chi connectivity index (χ0v) is 63.2. The number of ether oxygens (including phenoxy) is 11. The van der Waals surface area contributed by atoms with Gasteiger partial charge in [-0.05, 0) is 113 Å². The first-order chi connectivity index (χ1) is 48.8. The molecular formula is C84H141NO14. The van der Waals surface area contributed by atoms with Crippen LogP contribution in [0.1, 0.15) is 295 Å². The molecule has 0 radical (unpaired) electrons. The van der Waals surface area contributed by atoms with Crippen LogP contribution in [0.4, 0.5) is 9.59 Å². The second kappa shape index (κ2) is 64.2. The van der Waals surface area contributed by atoms with Crippen molar-refractivity contribution in [3.8, 4) is 0 Å². The van der Waals surface area contributed by atoms with Crippen LogP contribution >= 0.6 is 0 Å². The standard InChI is InChI=1S/C84H141NO14/c1-6-11-16-21-24-42-57-78(55-40-19-14-9-4)98-82(87)95-63-47-28-27-45-61-93-74-80(94-62-46-29-30-48-64-96-83(88)99-79(56-41-20-15-10-5)58-43-25-22-17-12-7-2)81(86)85(59-44-26-23-18-13-8-3)60-65-89-66-67-90-68-69-91-70-71-92-72-73-97-84(75-49-34-31-35-50-75,76-51-36-32-37-52-76)77-53-38-33-39-54-77/h31-39,49-54,78-80H,6-30,40-48,55-74H2,1-5H3. The molecule has 15 heteroatoms. The highest BCUT2D eigenvalue weighted by Crippen LogP contribution is 2.40. The van der Waals surface area contributed by atoms with Crippen LogP contribution in [0.25, 0.3) is 0 Å². The molecule has 3 aromatic carbocycles. The van der Waals surface area contributed by atoms with E-state index in [1.165, 1.54) is 116 Å². The largest absolute Gasteiger partial charge is 0.508 e. The third-order valence-corrected chi connectivity index (χ3v) is 18.4. The van der Waals surface area contributed by atoms with Gasteiger partial charge in [-0.2, -0.15) is 0 Å². The van der Waals surface area contributed by atoms with Crippen molar-refractivity contribution in [2.24, 2.45) is 0 Å². The predicted molar refractivity (Wildman–Crippen MR) is 402 cm³/mol. The average molecular weight is 1390 g/mol. The SMILES string of the molecule is CCCCCCCCC(CCCCCC)OC(=O)OCCCCCCOCC(OCCCCCCOC(=O)OC(CCCCCC)CCCCCCCC)C(=O)N(CCCCCCCC)CCOCCOCCOCCOCCOC(c1ccccc1)(c1ccccc1)c1ccccc1. The van der Waals surface area contributed by atoms with Crippen molar-refractivity contribution in [3.05, 3.63) is 108 Å². The Kier molecular flexibility index (Phi) is 57.5. The fourth-order valence-corrected chi connectivity index (χ4v) is 12.5. The topological polar surface area (TPSA) is 156 Å². The molecule has 0 aliphatic rings. The van der Waals surface area contributed by atoms with Crippen molar-refractivity contribution in [2.45, 2.75) is 303 Å². The van der Waals surface area contributed by atoms with Gasteiger partial charge in [-0.25, -0.2) is 9.59 Å². The number of hydrogen-bond acceptors (Lipinski definition) is 14. The smallest absolute Gasteiger partial charge is 0.434 e. The first kappa shape index (κ1) is 88.6. The van der Waals surface area contributed by atoms with Gasteiger partial charge in [-0.15, -0.1) is 0 Å². The monoisotopic (exact) mass is 1390 g/mol. The van der Waals surface area contributed by atoms with Crippen molar-refractivity contribution < 1.29 is 66.5 Å². The summed E-state index contributed by atoms with van der Waals surface area (Å²) < 4.78 is 66.1. The summed E-state index contributed by atoms with van der Waals surface area (Å²) in [6, 6.07) is 31.0. The Morgan fingerprint density at radius 3 is 1.05 bits per heavy atom. The van der Waals surface area contributed by atoms with Crippen molar-refractivity contribution in [2.75, 3.05) is 106 Å². The minimum absolute atomic E-state index is 0.0741. The van der Waals surface area contributed by atoms with Crippen LogP contribution in [0.3, 0.4) is 0 Å². The van der Waals surface area contributed by atoms with Crippen LogP contribution in [0.2, 0.25) is 0 Å². The lowest BCUT2D eigenvalue weighted by Crippen LogP contribution is -2.45. The zero-order valence-electron chi connectivity index (χ0n) is 63.2. The van der Waals surface area contributed by atoms with Gasteiger partial charge in [-0.1, -0.05) is 273 Å². The molecule has 0 aliphatic heterocycles. The fraction of sp³-hybridized carbons (Fsp3) is 0.750. The minimum atomic E-state index is -0.793. The van der Waals surface area contributed by atoms with Crippen molar-refractivity contribution in [1.29, 1.82) is 0 Å². The summed E-state index contributed by atoms with van der Waals surface area (Å²) in [5, 5.41) is 0. The van der Waals surface area contributed by atoms with Gasteiger partial charge in [-0.3, -0.25) is 4.79 Å². The maximum Gasteiger partial charge on any atom is 0.508 e. The van der Waals surface area contributed by atoms with E-state index >= 15 is 0 Å². The van der Waals surface area contributed by atoms with E-state index in [0.29, 0.717) is 99.0 Å². The summed E-state index contributed by atoms with van der Waals surface area (Å²) >= 11 is 0. The van der Waals surface area contributed by atoms with Gasteiger partial charge in [0.05, 0.1) is 79.3 Å². The molecule has 1 amide bonds. The molecule has 0 bridgehead atoms. The maximum absolute atomic E-state index is 14.6. The van der Waals surface area contributed by atoms with Crippen LogP contribution in [0, 0.1) is 0 Å². The summed E-state index contributed by atoms with van der Waals surface area (Å²) in [6.07, 6.45) is 38.7. The van der Waals surface area contributed by atoms with E-state index in [1.807, 2.05) is 59.5 Å². The Balaban J connectivity index is 1.47. The number of amides is 1. The second-order valence-corrected chi connectivity index (χ2v) is 26.9. The molecule has 0 N–H and O–H groups in total. The number of unbranched alkanes of at least 4 members (excludes halogenated alkanes) is 27. The summed E-state index contributed by atoms with van der Waals surface area (Å²) in [7, 11) is 0. The first-order valence-electron chi connectivity index (χ1n) is 40.1. The van der Waals surface area contributed by atoms with Crippen LogP contribution in [-0.4, -0.2) is 147 Å². The van der Waals surface area contributed by atoms with E-state index < -0.39 is 24.0 Å². The molecule has 3 rings (SSSR count). The third kappa shape index (κ3) is 45.2. The molecule has 0 spiro atoms. The van der Waals surface area contributed by atoms with E-state index in [1.54, 1.807) is 0 Å². The van der Waals surface area contributed by atoms with Crippen LogP contribution < -0.4 is 0 Å². The molecule has 99 heavy (non-hydrogen) atoms.